The fourth-order valence-corrected chi connectivity index (χ4v) is 1.42. The van der Waals surface area contributed by atoms with E-state index in [-0.39, 0.29) is 12.5 Å². The van der Waals surface area contributed by atoms with Crippen molar-refractivity contribution in [1.29, 1.82) is 0 Å². The number of nitrogens with zero attached hydrogens (tertiary/aromatic N) is 2. The lowest BCUT2D eigenvalue weighted by Crippen LogP contribution is -2.16. The molecule has 0 amide bonds. The maximum absolute atomic E-state index is 11.0. The van der Waals surface area contributed by atoms with Crippen LogP contribution in [-0.2, 0) is 14.3 Å². The van der Waals surface area contributed by atoms with Gasteiger partial charge in [-0.25, -0.2) is 9.97 Å². The van der Waals surface area contributed by atoms with Crippen molar-refractivity contribution in [2.75, 3.05) is 44.5 Å². The van der Waals surface area contributed by atoms with E-state index < -0.39 is 0 Å². The molecule has 0 radical (unpaired) electrons. The number of anilines is 2. The fourth-order valence-electron chi connectivity index (χ4n) is 1.42. The highest BCUT2D eigenvalue weighted by Crippen LogP contribution is 2.10. The van der Waals surface area contributed by atoms with E-state index in [0.29, 0.717) is 18.2 Å². The fraction of sp³-hybridized carbons (Fsp3) is 0.583. The van der Waals surface area contributed by atoms with E-state index in [1.54, 1.807) is 20.1 Å². The number of ether oxygens (including phenoxy) is 2. The lowest BCUT2D eigenvalue weighted by Gasteiger charge is -2.09. The summed E-state index contributed by atoms with van der Waals surface area (Å²) in [4.78, 5) is 19.5. The van der Waals surface area contributed by atoms with Gasteiger partial charge in [-0.1, -0.05) is 0 Å². The van der Waals surface area contributed by atoms with E-state index >= 15 is 0 Å². The summed E-state index contributed by atoms with van der Waals surface area (Å²) in [5, 5.41) is 6.06. The number of hydrogen-bond donors (Lipinski definition) is 2. The molecule has 106 valence electrons. The second-order valence-corrected chi connectivity index (χ2v) is 3.89. The Hall–Kier alpha value is -1.89. The quantitative estimate of drug-likeness (QED) is 0.533. The Labute approximate surface area is 112 Å². The average Bonchev–Trinajstić information content (AvgIpc) is 2.40. The van der Waals surface area contributed by atoms with Gasteiger partial charge < -0.3 is 20.1 Å². The Morgan fingerprint density at radius 1 is 1.26 bits per heavy atom. The van der Waals surface area contributed by atoms with Crippen molar-refractivity contribution in [3.05, 3.63) is 11.9 Å². The summed E-state index contributed by atoms with van der Waals surface area (Å²) in [6.45, 7) is 3.34. The highest BCUT2D eigenvalue weighted by atomic mass is 16.5. The third-order valence-corrected chi connectivity index (χ3v) is 2.31. The Kier molecular flexibility index (Phi) is 6.59. The van der Waals surface area contributed by atoms with E-state index in [2.05, 4.69) is 25.3 Å². The third-order valence-electron chi connectivity index (χ3n) is 2.31. The molecule has 1 aromatic heterocycles. The summed E-state index contributed by atoms with van der Waals surface area (Å²) in [5.74, 6) is 1.60. The molecular weight excluding hydrogens is 248 g/mol. The van der Waals surface area contributed by atoms with E-state index in [1.807, 2.05) is 0 Å². The molecule has 0 aliphatic heterocycles. The first-order chi connectivity index (χ1) is 9.15. The van der Waals surface area contributed by atoms with Crippen molar-refractivity contribution in [1.82, 2.24) is 9.97 Å². The van der Waals surface area contributed by atoms with Crippen molar-refractivity contribution >= 4 is 17.6 Å². The lowest BCUT2D eigenvalue weighted by atomic mass is 10.4. The summed E-state index contributed by atoms with van der Waals surface area (Å²) < 4.78 is 9.52. The van der Waals surface area contributed by atoms with Gasteiger partial charge in [0.2, 0.25) is 0 Å². The largest absolute Gasteiger partial charge is 0.468 e. The molecule has 0 aliphatic carbocycles. The number of carbonyl (C=O) groups is 1. The number of aromatic nitrogens is 2. The zero-order valence-electron chi connectivity index (χ0n) is 11.5. The van der Waals surface area contributed by atoms with Crippen LogP contribution in [0.25, 0.3) is 0 Å². The first-order valence-corrected chi connectivity index (χ1v) is 6.05. The number of esters is 1. The number of rotatable bonds is 8. The molecule has 0 unspecified atom stereocenters. The number of aryl methyl sites for hydroxylation is 1. The Bertz CT molecular complexity index is 412. The summed E-state index contributed by atoms with van der Waals surface area (Å²) >= 11 is 0. The van der Waals surface area contributed by atoms with Crippen molar-refractivity contribution in [2.24, 2.45) is 0 Å². The Balaban J connectivity index is 2.53. The standard InChI is InChI=1S/C12H20N4O3/c1-9-15-10(13-5-4-6-18-2)7-11(16-9)14-8-12(17)19-3/h7H,4-6,8H2,1-3H3,(H2,13,14,15,16). The number of hydrogen-bond acceptors (Lipinski definition) is 7. The Morgan fingerprint density at radius 2 is 1.95 bits per heavy atom. The molecule has 0 bridgehead atoms. The molecular formula is C12H20N4O3. The first kappa shape index (κ1) is 15.2. The number of nitrogens with one attached hydrogen (secondary N) is 2. The van der Waals surface area contributed by atoms with Gasteiger partial charge in [-0.3, -0.25) is 4.79 Å². The molecule has 19 heavy (non-hydrogen) atoms. The molecule has 1 rings (SSSR count). The molecule has 0 saturated heterocycles. The minimum atomic E-state index is -0.342. The monoisotopic (exact) mass is 268 g/mol. The summed E-state index contributed by atoms with van der Waals surface area (Å²) in [7, 11) is 3.02. The molecule has 1 heterocycles. The van der Waals surface area contributed by atoms with Crippen molar-refractivity contribution in [2.45, 2.75) is 13.3 Å². The van der Waals surface area contributed by atoms with Crippen molar-refractivity contribution in [3.63, 3.8) is 0 Å². The van der Waals surface area contributed by atoms with Crippen molar-refractivity contribution in [3.8, 4) is 0 Å². The van der Waals surface area contributed by atoms with Gasteiger partial charge in [0.15, 0.2) is 0 Å². The van der Waals surface area contributed by atoms with Gasteiger partial charge in [0.25, 0.3) is 0 Å². The molecule has 0 saturated carbocycles. The SMILES string of the molecule is COCCCNc1cc(NCC(=O)OC)nc(C)n1. The van der Waals surface area contributed by atoms with Crippen molar-refractivity contribution < 1.29 is 14.3 Å². The zero-order valence-corrected chi connectivity index (χ0v) is 11.5. The van der Waals surface area contributed by atoms with Crippen LogP contribution in [0, 0.1) is 6.92 Å². The topological polar surface area (TPSA) is 85.4 Å². The van der Waals surface area contributed by atoms with Gasteiger partial charge in [0.05, 0.1) is 7.11 Å². The second kappa shape index (κ2) is 8.25. The molecule has 0 fully saturated rings. The summed E-state index contributed by atoms with van der Waals surface area (Å²) in [5.41, 5.74) is 0. The first-order valence-electron chi connectivity index (χ1n) is 6.05. The smallest absolute Gasteiger partial charge is 0.325 e. The summed E-state index contributed by atoms with van der Waals surface area (Å²) in [6.07, 6.45) is 0.893. The van der Waals surface area contributed by atoms with Crippen LogP contribution in [-0.4, -0.2) is 49.9 Å². The van der Waals surface area contributed by atoms with Gasteiger partial charge in [-0.15, -0.1) is 0 Å². The number of carbonyl (C=O) groups excluding carboxylic acids is 1. The normalized spacial score (nSPS) is 10.1. The van der Waals surface area contributed by atoms with Crippen LogP contribution in [0.2, 0.25) is 0 Å². The molecule has 0 aromatic carbocycles. The van der Waals surface area contributed by atoms with Crippen LogP contribution < -0.4 is 10.6 Å². The van der Waals surface area contributed by atoms with Gasteiger partial charge in [-0.05, 0) is 13.3 Å². The van der Waals surface area contributed by atoms with Gasteiger partial charge in [0, 0.05) is 26.3 Å². The predicted octanol–water partition coefficient (Wildman–Crippen LogP) is 0.818. The molecule has 2 N–H and O–H groups in total. The Morgan fingerprint density at radius 3 is 2.58 bits per heavy atom. The van der Waals surface area contributed by atoms with Gasteiger partial charge >= 0.3 is 5.97 Å². The van der Waals surface area contributed by atoms with Crippen LogP contribution in [0.5, 0.6) is 0 Å². The minimum Gasteiger partial charge on any atom is -0.468 e. The van der Waals surface area contributed by atoms with Crippen LogP contribution >= 0.6 is 0 Å². The van der Waals surface area contributed by atoms with E-state index in [9.17, 15) is 4.79 Å². The van der Waals surface area contributed by atoms with E-state index in [4.69, 9.17) is 4.74 Å². The highest BCUT2D eigenvalue weighted by molar-refractivity contribution is 5.74. The lowest BCUT2D eigenvalue weighted by molar-refractivity contribution is -0.138. The van der Waals surface area contributed by atoms with Crippen LogP contribution in [0.4, 0.5) is 11.6 Å². The van der Waals surface area contributed by atoms with Gasteiger partial charge in [-0.2, -0.15) is 0 Å². The molecule has 0 aliphatic rings. The predicted molar refractivity (Wildman–Crippen MR) is 72.3 cm³/mol. The molecule has 1 aromatic rings. The van der Waals surface area contributed by atoms with Crippen LogP contribution in [0.1, 0.15) is 12.2 Å². The van der Waals surface area contributed by atoms with E-state index in [0.717, 1.165) is 18.8 Å². The van der Waals surface area contributed by atoms with Crippen LogP contribution in [0.15, 0.2) is 6.07 Å². The highest BCUT2D eigenvalue weighted by Gasteiger charge is 2.04. The van der Waals surface area contributed by atoms with Gasteiger partial charge in [0.1, 0.15) is 24.0 Å². The molecule has 7 nitrogen and oxygen atoms in total. The molecule has 0 atom stereocenters. The maximum atomic E-state index is 11.0. The van der Waals surface area contributed by atoms with E-state index in [1.165, 1.54) is 7.11 Å². The third kappa shape index (κ3) is 6.01. The molecule has 0 spiro atoms. The molecule has 7 heteroatoms. The summed E-state index contributed by atoms with van der Waals surface area (Å²) in [6, 6.07) is 1.75. The van der Waals surface area contributed by atoms with Crippen LogP contribution in [0.3, 0.4) is 0 Å². The average molecular weight is 268 g/mol. The maximum Gasteiger partial charge on any atom is 0.325 e. The number of methoxy groups -OCH3 is 2. The minimum absolute atomic E-state index is 0.0794. The second-order valence-electron chi connectivity index (χ2n) is 3.89. The zero-order chi connectivity index (χ0) is 14.1.